The van der Waals surface area contributed by atoms with Crippen LogP contribution in [0.3, 0.4) is 0 Å². The number of rotatable bonds is 0. The fourth-order valence-electron chi connectivity index (χ4n) is 1.08. The molecule has 0 aromatic carbocycles. The van der Waals surface area contributed by atoms with E-state index in [1.165, 1.54) is 5.56 Å². The third-order valence-electron chi connectivity index (χ3n) is 1.67. The Hall–Kier alpha value is -1.57. The van der Waals surface area contributed by atoms with E-state index >= 15 is 0 Å². The van der Waals surface area contributed by atoms with Crippen LogP contribution in [-0.2, 0) is 0 Å². The molecule has 0 aromatic heterocycles. The van der Waals surface area contributed by atoms with Gasteiger partial charge < -0.3 is 5.73 Å². The van der Waals surface area contributed by atoms with Crippen molar-refractivity contribution in [2.24, 2.45) is 0 Å². The van der Waals surface area contributed by atoms with Gasteiger partial charge in [0.1, 0.15) is 5.82 Å². The molecule has 0 saturated heterocycles. The minimum absolute atomic E-state index is 0.557. The lowest BCUT2D eigenvalue weighted by atomic mass is 10.2. The Balaban J connectivity index is 2.71. The van der Waals surface area contributed by atoms with Crippen molar-refractivity contribution in [3.05, 3.63) is 36.5 Å². The van der Waals surface area contributed by atoms with Crippen LogP contribution in [0.1, 0.15) is 0 Å². The maximum atomic E-state index is 5.51. The van der Waals surface area contributed by atoms with Gasteiger partial charge in [0, 0.05) is 11.8 Å². The minimum Gasteiger partial charge on any atom is -0.384 e. The molecule has 0 bridgehead atoms. The molecule has 1 heterocycles. The lowest BCUT2D eigenvalue weighted by Crippen LogP contribution is -1.82. The van der Waals surface area contributed by atoms with Gasteiger partial charge in [-0.2, -0.15) is 0 Å². The molecule has 0 saturated carbocycles. The van der Waals surface area contributed by atoms with Crippen molar-refractivity contribution in [3.63, 3.8) is 0 Å². The first-order chi connectivity index (χ1) is 5.36. The first-order valence-corrected chi connectivity index (χ1v) is 3.46. The van der Waals surface area contributed by atoms with Gasteiger partial charge in [-0.05, 0) is 11.6 Å². The SMILES string of the molecule is Nc1ccc2cccc-2cn1. The average molecular weight is 144 g/mol. The van der Waals surface area contributed by atoms with E-state index in [2.05, 4.69) is 4.98 Å². The number of anilines is 1. The zero-order valence-electron chi connectivity index (χ0n) is 5.99. The van der Waals surface area contributed by atoms with E-state index in [9.17, 15) is 0 Å². The number of nitrogens with zero attached hydrogens (tertiary/aromatic N) is 1. The number of aromatic nitrogens is 1. The molecule has 0 spiro atoms. The van der Waals surface area contributed by atoms with Gasteiger partial charge in [0.05, 0.1) is 0 Å². The molecule has 54 valence electrons. The standard InChI is InChI=1S/C9H8N2/c10-9-5-4-7-2-1-3-8(7)6-11-9/h1-6H,(H2,10,11). The zero-order chi connectivity index (χ0) is 7.68. The number of nitrogen functional groups attached to an aromatic ring is 1. The lowest BCUT2D eigenvalue weighted by Gasteiger charge is -1.84. The van der Waals surface area contributed by atoms with Crippen LogP contribution in [0.15, 0.2) is 36.5 Å². The Morgan fingerprint density at radius 2 is 1.82 bits per heavy atom. The molecule has 1 aliphatic heterocycles. The van der Waals surface area contributed by atoms with Crippen molar-refractivity contribution in [1.29, 1.82) is 0 Å². The van der Waals surface area contributed by atoms with E-state index in [0.29, 0.717) is 5.82 Å². The van der Waals surface area contributed by atoms with E-state index in [1.54, 1.807) is 6.20 Å². The van der Waals surface area contributed by atoms with Crippen LogP contribution < -0.4 is 5.73 Å². The summed E-state index contributed by atoms with van der Waals surface area (Å²) in [4.78, 5) is 4.02. The molecule has 0 aromatic rings. The molecular formula is C9H8N2. The maximum absolute atomic E-state index is 5.51. The minimum atomic E-state index is 0.557. The highest BCUT2D eigenvalue weighted by Crippen LogP contribution is 2.20. The predicted octanol–water partition coefficient (Wildman–Crippen LogP) is 1.77. The fraction of sp³-hybridized carbons (Fsp3) is 0. The summed E-state index contributed by atoms with van der Waals surface area (Å²) in [7, 11) is 0. The van der Waals surface area contributed by atoms with Crippen LogP contribution in [-0.4, -0.2) is 4.98 Å². The van der Waals surface area contributed by atoms with Gasteiger partial charge in [-0.15, -0.1) is 0 Å². The third kappa shape index (κ3) is 1.03. The zero-order valence-corrected chi connectivity index (χ0v) is 5.99. The summed E-state index contributed by atoms with van der Waals surface area (Å²) >= 11 is 0. The van der Waals surface area contributed by atoms with E-state index in [1.807, 2.05) is 30.3 Å². The summed E-state index contributed by atoms with van der Waals surface area (Å²) in [5.41, 5.74) is 7.81. The smallest absolute Gasteiger partial charge is 0.123 e. The normalized spacial score (nSPS) is 10.2. The van der Waals surface area contributed by atoms with Crippen LogP contribution in [0, 0.1) is 0 Å². The second-order valence-electron chi connectivity index (χ2n) is 2.45. The topological polar surface area (TPSA) is 38.9 Å². The van der Waals surface area contributed by atoms with Crippen LogP contribution in [0.2, 0.25) is 0 Å². The molecule has 2 aliphatic rings. The van der Waals surface area contributed by atoms with Gasteiger partial charge in [-0.25, -0.2) is 4.98 Å². The first kappa shape index (κ1) is 6.16. The molecule has 2 nitrogen and oxygen atoms in total. The molecule has 0 unspecified atom stereocenters. The Morgan fingerprint density at radius 1 is 1.00 bits per heavy atom. The third-order valence-corrected chi connectivity index (χ3v) is 1.67. The molecule has 2 rings (SSSR count). The number of nitrogens with two attached hydrogens (primary N) is 1. The number of hydrogen-bond acceptors (Lipinski definition) is 2. The molecule has 2 heteroatoms. The highest BCUT2D eigenvalue weighted by Gasteiger charge is 1.97. The predicted molar refractivity (Wildman–Crippen MR) is 45.3 cm³/mol. The van der Waals surface area contributed by atoms with Crippen molar-refractivity contribution in [1.82, 2.24) is 4.98 Å². The summed E-state index contributed by atoms with van der Waals surface area (Å²) in [5.74, 6) is 0.557. The first-order valence-electron chi connectivity index (χ1n) is 3.46. The Bertz CT molecular complexity index is 313. The summed E-state index contributed by atoms with van der Waals surface area (Å²) in [6.07, 6.45) is 1.78. The van der Waals surface area contributed by atoms with Crippen molar-refractivity contribution in [2.45, 2.75) is 0 Å². The molecule has 0 fully saturated rings. The van der Waals surface area contributed by atoms with E-state index in [4.69, 9.17) is 5.73 Å². The Labute approximate surface area is 65.0 Å². The molecular weight excluding hydrogens is 136 g/mol. The van der Waals surface area contributed by atoms with E-state index in [0.717, 1.165) is 5.56 Å². The highest BCUT2D eigenvalue weighted by atomic mass is 14.8. The molecule has 0 radical (unpaired) electrons. The van der Waals surface area contributed by atoms with Crippen LogP contribution >= 0.6 is 0 Å². The molecule has 11 heavy (non-hydrogen) atoms. The molecule has 0 amide bonds. The molecule has 1 aliphatic carbocycles. The van der Waals surface area contributed by atoms with Gasteiger partial charge in [-0.1, -0.05) is 24.3 Å². The second-order valence-corrected chi connectivity index (χ2v) is 2.45. The summed E-state index contributed by atoms with van der Waals surface area (Å²) in [6, 6.07) is 9.83. The van der Waals surface area contributed by atoms with Gasteiger partial charge in [-0.3, -0.25) is 0 Å². The van der Waals surface area contributed by atoms with Crippen LogP contribution in [0.5, 0.6) is 0 Å². The number of fused-ring (bicyclic) bond motifs is 1. The summed E-state index contributed by atoms with van der Waals surface area (Å²) < 4.78 is 0. The van der Waals surface area contributed by atoms with Gasteiger partial charge in [0.15, 0.2) is 0 Å². The van der Waals surface area contributed by atoms with Crippen molar-refractivity contribution < 1.29 is 0 Å². The summed E-state index contributed by atoms with van der Waals surface area (Å²) in [6.45, 7) is 0. The van der Waals surface area contributed by atoms with Crippen LogP contribution in [0.4, 0.5) is 5.82 Å². The summed E-state index contributed by atoms with van der Waals surface area (Å²) in [5, 5.41) is 0. The molecule has 0 atom stereocenters. The van der Waals surface area contributed by atoms with E-state index < -0.39 is 0 Å². The largest absolute Gasteiger partial charge is 0.384 e. The molecule has 2 N–H and O–H groups in total. The van der Waals surface area contributed by atoms with Gasteiger partial charge >= 0.3 is 0 Å². The monoisotopic (exact) mass is 144 g/mol. The lowest BCUT2D eigenvalue weighted by molar-refractivity contribution is 1.38. The fourth-order valence-corrected chi connectivity index (χ4v) is 1.08. The number of hydrogen-bond donors (Lipinski definition) is 1. The average Bonchev–Trinajstić information content (AvgIpc) is 2.38. The highest BCUT2D eigenvalue weighted by molar-refractivity contribution is 5.65. The second kappa shape index (κ2) is 2.23. The Morgan fingerprint density at radius 3 is 2.73 bits per heavy atom. The van der Waals surface area contributed by atoms with Crippen molar-refractivity contribution in [2.75, 3.05) is 5.73 Å². The van der Waals surface area contributed by atoms with E-state index in [-0.39, 0.29) is 0 Å². The quantitative estimate of drug-likeness (QED) is 0.612. The Kier molecular flexibility index (Phi) is 1.25. The van der Waals surface area contributed by atoms with Gasteiger partial charge in [0.25, 0.3) is 0 Å². The van der Waals surface area contributed by atoms with Crippen LogP contribution in [0.25, 0.3) is 11.1 Å². The van der Waals surface area contributed by atoms with Gasteiger partial charge in [0.2, 0.25) is 0 Å². The van der Waals surface area contributed by atoms with Crippen molar-refractivity contribution in [3.8, 4) is 11.1 Å². The van der Waals surface area contributed by atoms with Crippen molar-refractivity contribution >= 4 is 5.82 Å². The maximum Gasteiger partial charge on any atom is 0.123 e.